The van der Waals surface area contributed by atoms with Gasteiger partial charge in [0.2, 0.25) is 23.1 Å². The molecule has 1 aliphatic carbocycles. The second-order valence-corrected chi connectivity index (χ2v) is 7.62. The minimum atomic E-state index is -1.17. The molecule has 11 heteroatoms. The van der Waals surface area contributed by atoms with Gasteiger partial charge in [0.25, 0.3) is 5.91 Å². The lowest BCUT2D eigenvalue weighted by molar-refractivity contribution is -0.131. The van der Waals surface area contributed by atoms with Crippen molar-refractivity contribution in [1.82, 2.24) is 4.98 Å². The zero-order valence-electron chi connectivity index (χ0n) is 19.8. The molecule has 1 aliphatic rings. The van der Waals surface area contributed by atoms with E-state index in [0.29, 0.717) is 5.56 Å². The molecular formula is C25H22N2O9. The molecular weight excluding hydrogens is 472 g/mol. The number of methoxy groups -OCH3 is 2. The van der Waals surface area contributed by atoms with E-state index >= 15 is 0 Å². The summed E-state index contributed by atoms with van der Waals surface area (Å²) in [6, 6.07) is 6.94. The van der Waals surface area contributed by atoms with Crippen LogP contribution >= 0.6 is 0 Å². The average molecular weight is 494 g/mol. The number of amides is 1. The Morgan fingerprint density at radius 1 is 1.00 bits per heavy atom. The zero-order chi connectivity index (χ0) is 26.6. The van der Waals surface area contributed by atoms with Crippen molar-refractivity contribution in [2.24, 2.45) is 0 Å². The van der Waals surface area contributed by atoms with Gasteiger partial charge in [0.15, 0.2) is 0 Å². The van der Waals surface area contributed by atoms with Crippen LogP contribution in [0.15, 0.2) is 59.2 Å². The summed E-state index contributed by atoms with van der Waals surface area (Å²) in [7, 11) is 2.52. The van der Waals surface area contributed by atoms with E-state index in [0.717, 1.165) is 6.20 Å². The Hall–Kier alpha value is -4.80. The van der Waals surface area contributed by atoms with Crippen molar-refractivity contribution in [2.75, 3.05) is 19.5 Å². The monoisotopic (exact) mass is 494 g/mol. The molecule has 0 saturated heterocycles. The molecule has 0 bridgehead atoms. The van der Waals surface area contributed by atoms with Gasteiger partial charge >= 0.3 is 11.9 Å². The lowest BCUT2D eigenvalue weighted by Crippen LogP contribution is -2.26. The van der Waals surface area contributed by atoms with E-state index in [9.17, 15) is 24.0 Å². The maximum atomic E-state index is 13.0. The summed E-state index contributed by atoms with van der Waals surface area (Å²) in [5.74, 6) is -3.91. The SMILES string of the molecule is COC1=C(OC)C(=O)C(Cc2ccc(OC(C)=O)c(C(=O)Nc3ccc(C(=O)O)cn3)c2)=C(C)C1=O. The average Bonchev–Trinajstić information content (AvgIpc) is 2.84. The van der Waals surface area contributed by atoms with E-state index in [1.54, 1.807) is 6.07 Å². The molecule has 0 unspecified atom stereocenters. The number of rotatable bonds is 8. The number of allylic oxidation sites excluding steroid dienone is 2. The fourth-order valence-electron chi connectivity index (χ4n) is 3.50. The van der Waals surface area contributed by atoms with Crippen molar-refractivity contribution in [1.29, 1.82) is 0 Å². The van der Waals surface area contributed by atoms with Crippen molar-refractivity contribution in [3.05, 3.63) is 75.9 Å². The van der Waals surface area contributed by atoms with Crippen LogP contribution in [0.1, 0.15) is 40.1 Å². The van der Waals surface area contributed by atoms with Gasteiger partial charge in [-0.15, -0.1) is 0 Å². The van der Waals surface area contributed by atoms with E-state index in [4.69, 9.17) is 19.3 Å². The number of ether oxygens (including phenoxy) is 3. The van der Waals surface area contributed by atoms with E-state index < -0.39 is 29.4 Å². The van der Waals surface area contributed by atoms with E-state index in [1.807, 2.05) is 0 Å². The third-order valence-electron chi connectivity index (χ3n) is 5.27. The number of carboxylic acids is 1. The number of carboxylic acid groups (broad SMARTS) is 1. The Morgan fingerprint density at radius 2 is 1.67 bits per heavy atom. The number of pyridine rings is 1. The molecule has 3 rings (SSSR count). The number of Topliss-reactive ketones (excluding diaryl/α,β-unsaturated/α-hetero) is 2. The Kier molecular flexibility index (Phi) is 7.63. The van der Waals surface area contributed by atoms with Gasteiger partial charge in [0, 0.05) is 30.7 Å². The van der Waals surface area contributed by atoms with Crippen LogP contribution in [-0.4, -0.2) is 53.7 Å². The Morgan fingerprint density at radius 3 is 2.22 bits per heavy atom. The van der Waals surface area contributed by atoms with Gasteiger partial charge in [0.1, 0.15) is 11.6 Å². The van der Waals surface area contributed by atoms with Gasteiger partial charge in [-0.25, -0.2) is 9.78 Å². The molecule has 2 aromatic rings. The molecule has 186 valence electrons. The first-order valence-electron chi connectivity index (χ1n) is 10.5. The Bertz CT molecular complexity index is 1340. The smallest absolute Gasteiger partial charge is 0.337 e. The highest BCUT2D eigenvalue weighted by atomic mass is 16.5. The largest absolute Gasteiger partial charge is 0.489 e. The molecule has 11 nitrogen and oxygen atoms in total. The summed E-state index contributed by atoms with van der Waals surface area (Å²) in [4.78, 5) is 65.1. The predicted molar refractivity (Wildman–Crippen MR) is 124 cm³/mol. The molecule has 2 N–H and O–H groups in total. The molecule has 0 spiro atoms. The summed E-state index contributed by atoms with van der Waals surface area (Å²) < 4.78 is 15.3. The lowest BCUT2D eigenvalue weighted by atomic mass is 9.88. The number of hydrogen-bond acceptors (Lipinski definition) is 9. The number of hydrogen-bond donors (Lipinski definition) is 2. The number of ketones is 2. The van der Waals surface area contributed by atoms with Gasteiger partial charge in [-0.05, 0) is 36.8 Å². The van der Waals surface area contributed by atoms with E-state index in [1.165, 1.54) is 52.3 Å². The normalized spacial score (nSPS) is 13.4. The standard InChI is InChI=1S/C25H22N2O9/c1-12-16(21(30)23(35-4)22(34-3)20(12)29)9-14-5-7-18(36-13(2)28)17(10-14)24(31)27-19-8-6-15(11-26-19)25(32)33/h5-8,10-11H,9H2,1-4H3,(H,32,33)(H,26,27,31). The van der Waals surface area contributed by atoms with Gasteiger partial charge < -0.3 is 24.6 Å². The molecule has 1 aromatic heterocycles. The first-order chi connectivity index (χ1) is 17.1. The van der Waals surface area contributed by atoms with Crippen LogP contribution in [0.3, 0.4) is 0 Å². The highest BCUT2D eigenvalue weighted by Crippen LogP contribution is 2.29. The van der Waals surface area contributed by atoms with Crippen LogP contribution in [0.2, 0.25) is 0 Å². The number of benzene rings is 1. The zero-order valence-corrected chi connectivity index (χ0v) is 19.8. The van der Waals surface area contributed by atoms with Crippen LogP contribution < -0.4 is 10.1 Å². The third kappa shape index (κ3) is 5.30. The highest BCUT2D eigenvalue weighted by molar-refractivity contribution is 6.23. The minimum absolute atomic E-state index is 0.0214. The van der Waals surface area contributed by atoms with E-state index in [2.05, 4.69) is 10.3 Å². The van der Waals surface area contributed by atoms with Crippen molar-refractivity contribution < 1.29 is 43.3 Å². The van der Waals surface area contributed by atoms with Crippen molar-refractivity contribution in [2.45, 2.75) is 20.3 Å². The number of aromatic carboxylic acids is 1. The third-order valence-corrected chi connectivity index (χ3v) is 5.27. The highest BCUT2D eigenvalue weighted by Gasteiger charge is 2.34. The molecule has 1 aromatic carbocycles. The Labute approximate surface area is 205 Å². The molecule has 0 radical (unpaired) electrons. The van der Waals surface area contributed by atoms with Crippen molar-refractivity contribution in [3.8, 4) is 5.75 Å². The van der Waals surface area contributed by atoms with Crippen molar-refractivity contribution in [3.63, 3.8) is 0 Å². The van der Waals surface area contributed by atoms with Gasteiger partial charge in [-0.1, -0.05) is 6.07 Å². The topological polar surface area (TPSA) is 158 Å². The summed E-state index contributed by atoms with van der Waals surface area (Å²) in [5, 5.41) is 11.5. The van der Waals surface area contributed by atoms with Crippen LogP contribution in [-0.2, 0) is 30.3 Å². The quantitative estimate of drug-likeness (QED) is 0.317. The summed E-state index contributed by atoms with van der Waals surface area (Å²) in [5.41, 5.74) is 0.703. The number of carbonyl (C=O) groups is 5. The number of anilines is 1. The summed E-state index contributed by atoms with van der Waals surface area (Å²) in [6.45, 7) is 2.67. The second-order valence-electron chi connectivity index (χ2n) is 7.62. The number of esters is 1. The van der Waals surface area contributed by atoms with Crippen LogP contribution in [0.4, 0.5) is 5.82 Å². The maximum absolute atomic E-state index is 13.0. The summed E-state index contributed by atoms with van der Waals surface area (Å²) in [6.07, 6.45) is 1.06. The Balaban J connectivity index is 1.95. The van der Waals surface area contributed by atoms with Crippen LogP contribution in [0.5, 0.6) is 5.75 Å². The number of aromatic nitrogens is 1. The molecule has 1 amide bonds. The second kappa shape index (κ2) is 10.6. The maximum Gasteiger partial charge on any atom is 0.337 e. The van der Waals surface area contributed by atoms with Crippen LogP contribution in [0, 0.1) is 0 Å². The minimum Gasteiger partial charge on any atom is -0.489 e. The molecule has 36 heavy (non-hydrogen) atoms. The molecule has 0 atom stereocenters. The van der Waals surface area contributed by atoms with Gasteiger partial charge in [-0.3, -0.25) is 19.2 Å². The molecule has 0 saturated carbocycles. The lowest BCUT2D eigenvalue weighted by Gasteiger charge is -2.20. The first kappa shape index (κ1) is 25.8. The fourth-order valence-corrected chi connectivity index (χ4v) is 3.50. The number of carbonyl (C=O) groups excluding carboxylic acids is 4. The summed E-state index contributed by atoms with van der Waals surface area (Å²) >= 11 is 0. The molecule has 0 fully saturated rings. The fraction of sp³-hybridized carbons (Fsp3) is 0.200. The predicted octanol–water partition coefficient (Wildman–Crippen LogP) is 2.47. The first-order valence-corrected chi connectivity index (χ1v) is 10.5. The molecule has 0 aliphatic heterocycles. The van der Waals surface area contributed by atoms with E-state index in [-0.39, 0.29) is 51.8 Å². The van der Waals surface area contributed by atoms with Crippen molar-refractivity contribution >= 4 is 35.2 Å². The van der Waals surface area contributed by atoms with Gasteiger partial charge in [-0.2, -0.15) is 0 Å². The number of nitrogens with one attached hydrogen (secondary N) is 1. The number of nitrogens with zero attached hydrogens (tertiary/aromatic N) is 1. The van der Waals surface area contributed by atoms with Crippen LogP contribution in [0.25, 0.3) is 0 Å². The van der Waals surface area contributed by atoms with Gasteiger partial charge in [0.05, 0.1) is 25.3 Å². The molecule has 1 heterocycles.